The van der Waals surface area contributed by atoms with Gasteiger partial charge in [-0.05, 0) is 43.2 Å². The number of nitrogens with one attached hydrogen (secondary N) is 1. The Morgan fingerprint density at radius 1 is 1.04 bits per heavy atom. The van der Waals surface area contributed by atoms with E-state index < -0.39 is 0 Å². The normalized spacial score (nSPS) is 18.9. The monoisotopic (exact) mass is 368 g/mol. The molecule has 1 aromatic rings. The maximum atomic E-state index is 12.4. The van der Waals surface area contributed by atoms with Gasteiger partial charge in [-0.2, -0.15) is 0 Å². The molecular formula is C23H32N2O2. The van der Waals surface area contributed by atoms with Gasteiger partial charge < -0.3 is 10.2 Å². The number of carbonyl (C=O) groups is 2. The molecule has 1 aliphatic carbocycles. The van der Waals surface area contributed by atoms with Gasteiger partial charge in [0, 0.05) is 31.6 Å². The zero-order chi connectivity index (χ0) is 18.9. The molecule has 0 radical (unpaired) electrons. The minimum atomic E-state index is 0.0364. The Labute approximate surface area is 163 Å². The molecule has 0 spiro atoms. The van der Waals surface area contributed by atoms with Crippen LogP contribution in [0.25, 0.3) is 6.08 Å². The third kappa shape index (κ3) is 6.23. The molecule has 1 saturated heterocycles. The molecule has 0 bridgehead atoms. The van der Waals surface area contributed by atoms with Crippen molar-refractivity contribution in [3.63, 3.8) is 0 Å². The summed E-state index contributed by atoms with van der Waals surface area (Å²) >= 11 is 0. The standard InChI is InChI=1S/C23H32N2O2/c26-22(13-12-20-7-2-1-3-8-20)25-17-14-21(15-18-25)23(27)24-16-6-11-19-9-4-5-10-19/h1-3,7-8,12-13,19,21H,4-6,9-11,14-18H2,(H,24,27). The summed E-state index contributed by atoms with van der Waals surface area (Å²) in [6, 6.07) is 9.84. The van der Waals surface area contributed by atoms with E-state index in [4.69, 9.17) is 0 Å². The molecular weight excluding hydrogens is 336 g/mol. The van der Waals surface area contributed by atoms with Crippen molar-refractivity contribution in [2.75, 3.05) is 19.6 Å². The van der Waals surface area contributed by atoms with E-state index in [1.165, 1.54) is 32.1 Å². The highest BCUT2D eigenvalue weighted by atomic mass is 16.2. The summed E-state index contributed by atoms with van der Waals surface area (Å²) < 4.78 is 0. The Morgan fingerprint density at radius 3 is 2.44 bits per heavy atom. The van der Waals surface area contributed by atoms with Gasteiger partial charge in [0.1, 0.15) is 0 Å². The molecule has 1 aliphatic heterocycles. The lowest BCUT2D eigenvalue weighted by molar-refractivity contribution is -0.132. The van der Waals surface area contributed by atoms with Gasteiger partial charge in [-0.1, -0.05) is 56.0 Å². The minimum absolute atomic E-state index is 0.0364. The van der Waals surface area contributed by atoms with Crippen molar-refractivity contribution in [3.05, 3.63) is 42.0 Å². The second-order valence-corrected chi connectivity index (χ2v) is 7.93. The second kappa shape index (κ2) is 10.3. The van der Waals surface area contributed by atoms with Gasteiger partial charge in [0.15, 0.2) is 0 Å². The first kappa shape index (κ1) is 19.7. The Morgan fingerprint density at radius 2 is 1.74 bits per heavy atom. The zero-order valence-electron chi connectivity index (χ0n) is 16.2. The molecule has 0 atom stereocenters. The van der Waals surface area contributed by atoms with Gasteiger partial charge in [-0.15, -0.1) is 0 Å². The highest BCUT2D eigenvalue weighted by Crippen LogP contribution is 2.28. The van der Waals surface area contributed by atoms with E-state index in [9.17, 15) is 9.59 Å². The number of hydrogen-bond acceptors (Lipinski definition) is 2. The number of likely N-dealkylation sites (tertiary alicyclic amines) is 1. The van der Waals surface area contributed by atoms with Crippen LogP contribution in [-0.4, -0.2) is 36.3 Å². The summed E-state index contributed by atoms with van der Waals surface area (Å²) in [7, 11) is 0. The Hall–Kier alpha value is -2.10. The number of nitrogens with zero attached hydrogens (tertiary/aromatic N) is 1. The molecule has 2 fully saturated rings. The van der Waals surface area contributed by atoms with Crippen molar-refractivity contribution in [3.8, 4) is 0 Å². The third-order valence-corrected chi connectivity index (χ3v) is 5.96. The molecule has 4 nitrogen and oxygen atoms in total. The fourth-order valence-corrected chi connectivity index (χ4v) is 4.24. The molecule has 1 heterocycles. The van der Waals surface area contributed by atoms with Gasteiger partial charge in [-0.25, -0.2) is 0 Å². The molecule has 1 N–H and O–H groups in total. The SMILES string of the molecule is O=C(NCCCC1CCCC1)C1CCN(C(=O)C=Cc2ccccc2)CC1. The molecule has 2 aliphatic rings. The van der Waals surface area contributed by atoms with Crippen molar-refractivity contribution < 1.29 is 9.59 Å². The average Bonchev–Trinajstić information content (AvgIpc) is 3.24. The summed E-state index contributed by atoms with van der Waals surface area (Å²) in [4.78, 5) is 26.5. The van der Waals surface area contributed by atoms with Crippen molar-refractivity contribution >= 4 is 17.9 Å². The van der Waals surface area contributed by atoms with Crippen LogP contribution in [0.15, 0.2) is 36.4 Å². The first-order valence-corrected chi connectivity index (χ1v) is 10.5. The van der Waals surface area contributed by atoms with Crippen LogP contribution in [0.5, 0.6) is 0 Å². The molecule has 4 heteroatoms. The van der Waals surface area contributed by atoms with Gasteiger partial charge in [-0.3, -0.25) is 9.59 Å². The number of benzene rings is 1. The first-order valence-electron chi connectivity index (χ1n) is 10.5. The molecule has 27 heavy (non-hydrogen) atoms. The second-order valence-electron chi connectivity index (χ2n) is 7.93. The van der Waals surface area contributed by atoms with Gasteiger partial charge in [0.2, 0.25) is 11.8 Å². The van der Waals surface area contributed by atoms with E-state index in [1.807, 2.05) is 41.3 Å². The summed E-state index contributed by atoms with van der Waals surface area (Å²) in [5.74, 6) is 1.15. The van der Waals surface area contributed by atoms with Crippen molar-refractivity contribution in [2.45, 2.75) is 51.4 Å². The van der Waals surface area contributed by atoms with Crippen molar-refractivity contribution in [1.29, 1.82) is 0 Å². The first-order chi connectivity index (χ1) is 13.2. The third-order valence-electron chi connectivity index (χ3n) is 5.96. The minimum Gasteiger partial charge on any atom is -0.356 e. The van der Waals surface area contributed by atoms with E-state index in [0.717, 1.165) is 37.3 Å². The molecule has 3 rings (SSSR count). The topological polar surface area (TPSA) is 49.4 Å². The van der Waals surface area contributed by atoms with Crippen LogP contribution < -0.4 is 5.32 Å². The highest BCUT2D eigenvalue weighted by Gasteiger charge is 2.26. The quantitative estimate of drug-likeness (QED) is 0.584. The van der Waals surface area contributed by atoms with Gasteiger partial charge >= 0.3 is 0 Å². The lowest BCUT2D eigenvalue weighted by atomic mass is 9.95. The van der Waals surface area contributed by atoms with E-state index in [1.54, 1.807) is 6.08 Å². The van der Waals surface area contributed by atoms with Crippen LogP contribution in [0.2, 0.25) is 0 Å². The average molecular weight is 369 g/mol. The van der Waals surface area contributed by atoms with E-state index >= 15 is 0 Å². The molecule has 1 saturated carbocycles. The predicted molar refractivity (Wildman–Crippen MR) is 109 cm³/mol. The highest BCUT2D eigenvalue weighted by molar-refractivity contribution is 5.92. The van der Waals surface area contributed by atoms with E-state index in [0.29, 0.717) is 13.1 Å². The van der Waals surface area contributed by atoms with E-state index in [2.05, 4.69) is 5.32 Å². The fraction of sp³-hybridized carbons (Fsp3) is 0.565. The fourth-order valence-electron chi connectivity index (χ4n) is 4.24. The van der Waals surface area contributed by atoms with Gasteiger partial charge in [0.25, 0.3) is 0 Å². The van der Waals surface area contributed by atoms with Crippen LogP contribution in [0, 0.1) is 11.8 Å². The molecule has 1 aromatic carbocycles. The van der Waals surface area contributed by atoms with Gasteiger partial charge in [0.05, 0.1) is 0 Å². The molecule has 146 valence electrons. The molecule has 0 unspecified atom stereocenters. The summed E-state index contributed by atoms with van der Waals surface area (Å²) in [5.41, 5.74) is 1.03. The number of amides is 2. The van der Waals surface area contributed by atoms with Crippen molar-refractivity contribution in [2.24, 2.45) is 11.8 Å². The smallest absolute Gasteiger partial charge is 0.246 e. The van der Waals surface area contributed by atoms with Crippen LogP contribution in [-0.2, 0) is 9.59 Å². The Kier molecular flexibility index (Phi) is 7.49. The van der Waals surface area contributed by atoms with Crippen LogP contribution in [0.1, 0.15) is 56.9 Å². The number of rotatable bonds is 7. The summed E-state index contributed by atoms with van der Waals surface area (Å²) in [6.45, 7) is 2.13. The lowest BCUT2D eigenvalue weighted by Gasteiger charge is -2.30. The Bertz CT molecular complexity index is 627. The number of piperidine rings is 1. The van der Waals surface area contributed by atoms with Crippen molar-refractivity contribution in [1.82, 2.24) is 10.2 Å². The maximum absolute atomic E-state index is 12.4. The largest absolute Gasteiger partial charge is 0.356 e. The van der Waals surface area contributed by atoms with Crippen LogP contribution >= 0.6 is 0 Å². The van der Waals surface area contributed by atoms with Crippen LogP contribution in [0.4, 0.5) is 0 Å². The Balaban J connectivity index is 1.33. The molecule has 0 aromatic heterocycles. The number of hydrogen-bond donors (Lipinski definition) is 1. The zero-order valence-corrected chi connectivity index (χ0v) is 16.2. The maximum Gasteiger partial charge on any atom is 0.246 e. The summed E-state index contributed by atoms with van der Waals surface area (Å²) in [5, 5.41) is 3.11. The predicted octanol–water partition coefficient (Wildman–Crippen LogP) is 4.03. The van der Waals surface area contributed by atoms with Crippen LogP contribution in [0.3, 0.4) is 0 Å². The lowest BCUT2D eigenvalue weighted by Crippen LogP contribution is -2.42. The molecule has 2 amide bonds. The number of carbonyl (C=O) groups excluding carboxylic acids is 2. The summed E-state index contributed by atoms with van der Waals surface area (Å²) in [6.07, 6.45) is 12.9. The van der Waals surface area contributed by atoms with E-state index in [-0.39, 0.29) is 17.7 Å².